The Bertz CT molecular complexity index is 644. The Morgan fingerprint density at radius 2 is 1.86 bits per heavy atom. The number of aromatic hydroxyl groups is 2. The lowest BCUT2D eigenvalue weighted by atomic mass is 10.2. The largest absolute Gasteiger partial charge is 0.508 e. The molecular formula is C13H15ClF3N3O2. The van der Waals surface area contributed by atoms with Crippen molar-refractivity contribution in [3.63, 3.8) is 0 Å². The van der Waals surface area contributed by atoms with E-state index in [1.807, 2.05) is 0 Å². The number of nitrogens with zero attached hydrogens (tertiary/aromatic N) is 2. The van der Waals surface area contributed by atoms with Gasteiger partial charge in [-0.1, -0.05) is 6.07 Å². The zero-order valence-corrected chi connectivity index (χ0v) is 12.4. The summed E-state index contributed by atoms with van der Waals surface area (Å²) in [7, 11) is 1.23. The zero-order valence-electron chi connectivity index (χ0n) is 11.6. The van der Waals surface area contributed by atoms with E-state index in [9.17, 15) is 18.3 Å². The minimum atomic E-state index is -4.44. The maximum absolute atomic E-state index is 12.6. The standard InChI is InChI=1S/C13H14F3N3O2.ClH/c1-19-12(13(14,15)16)4-9(18-19)7-17-6-8-2-3-10(20)5-11(8)21;/h2-5,17,20-21H,6-7H2,1H3;1H. The molecule has 0 bridgehead atoms. The van der Waals surface area contributed by atoms with Gasteiger partial charge in [0.1, 0.15) is 17.2 Å². The molecule has 0 fully saturated rings. The summed E-state index contributed by atoms with van der Waals surface area (Å²) in [6, 6.07) is 5.11. The molecule has 22 heavy (non-hydrogen) atoms. The number of nitrogens with one attached hydrogen (secondary N) is 1. The summed E-state index contributed by atoms with van der Waals surface area (Å²) in [5.41, 5.74) is -0.0327. The van der Waals surface area contributed by atoms with Crippen molar-refractivity contribution < 1.29 is 23.4 Å². The fourth-order valence-corrected chi connectivity index (χ4v) is 1.91. The predicted molar refractivity (Wildman–Crippen MR) is 75.8 cm³/mol. The molecule has 3 N–H and O–H groups in total. The van der Waals surface area contributed by atoms with E-state index in [-0.39, 0.29) is 42.7 Å². The van der Waals surface area contributed by atoms with Crippen LogP contribution in [0.5, 0.6) is 11.5 Å². The molecule has 9 heteroatoms. The minimum Gasteiger partial charge on any atom is -0.508 e. The van der Waals surface area contributed by atoms with Crippen molar-refractivity contribution in [2.45, 2.75) is 19.3 Å². The molecule has 0 aliphatic heterocycles. The molecular weight excluding hydrogens is 323 g/mol. The summed E-state index contributed by atoms with van der Waals surface area (Å²) in [4.78, 5) is 0. The van der Waals surface area contributed by atoms with Gasteiger partial charge in [0, 0.05) is 31.8 Å². The van der Waals surface area contributed by atoms with Crippen molar-refractivity contribution in [1.29, 1.82) is 0 Å². The van der Waals surface area contributed by atoms with Crippen LogP contribution in [0.15, 0.2) is 24.3 Å². The van der Waals surface area contributed by atoms with E-state index in [2.05, 4.69) is 10.4 Å². The summed E-state index contributed by atoms with van der Waals surface area (Å²) >= 11 is 0. The van der Waals surface area contributed by atoms with Gasteiger partial charge in [0.25, 0.3) is 0 Å². The van der Waals surface area contributed by atoms with Crippen LogP contribution in [0.3, 0.4) is 0 Å². The molecule has 0 saturated heterocycles. The number of aromatic nitrogens is 2. The monoisotopic (exact) mass is 337 g/mol. The predicted octanol–water partition coefficient (Wildman–Crippen LogP) is 2.56. The highest BCUT2D eigenvalue weighted by Gasteiger charge is 2.34. The van der Waals surface area contributed by atoms with Crippen LogP contribution in [0, 0.1) is 0 Å². The first-order valence-electron chi connectivity index (χ1n) is 6.09. The maximum Gasteiger partial charge on any atom is 0.433 e. The van der Waals surface area contributed by atoms with Crippen LogP contribution in [-0.4, -0.2) is 20.0 Å². The average molecular weight is 338 g/mol. The van der Waals surface area contributed by atoms with Gasteiger partial charge in [-0.05, 0) is 12.1 Å². The molecule has 0 unspecified atom stereocenters. The first kappa shape index (κ1) is 18.1. The molecule has 0 aliphatic carbocycles. The van der Waals surface area contributed by atoms with E-state index in [1.165, 1.54) is 25.2 Å². The van der Waals surface area contributed by atoms with Gasteiger partial charge in [-0.2, -0.15) is 18.3 Å². The third-order valence-corrected chi connectivity index (χ3v) is 2.91. The van der Waals surface area contributed by atoms with Gasteiger partial charge >= 0.3 is 6.18 Å². The van der Waals surface area contributed by atoms with Crippen molar-refractivity contribution in [2.24, 2.45) is 7.05 Å². The second-order valence-electron chi connectivity index (χ2n) is 4.56. The second kappa shape index (κ2) is 6.89. The Morgan fingerprint density at radius 3 is 2.41 bits per heavy atom. The molecule has 1 heterocycles. The van der Waals surface area contributed by atoms with Crippen LogP contribution in [0.2, 0.25) is 0 Å². The maximum atomic E-state index is 12.6. The summed E-state index contributed by atoms with van der Waals surface area (Å²) in [5.74, 6) is -0.143. The Morgan fingerprint density at radius 1 is 1.18 bits per heavy atom. The minimum absolute atomic E-state index is 0. The van der Waals surface area contributed by atoms with E-state index in [0.29, 0.717) is 5.56 Å². The van der Waals surface area contributed by atoms with E-state index in [1.54, 1.807) is 0 Å². The number of aryl methyl sites for hydroxylation is 1. The van der Waals surface area contributed by atoms with Gasteiger partial charge in [-0.15, -0.1) is 12.4 Å². The Labute approximate surface area is 130 Å². The second-order valence-corrected chi connectivity index (χ2v) is 4.56. The van der Waals surface area contributed by atoms with E-state index in [4.69, 9.17) is 5.11 Å². The quantitative estimate of drug-likeness (QED) is 0.802. The summed E-state index contributed by atoms with van der Waals surface area (Å²) in [6.45, 7) is 0.369. The lowest BCUT2D eigenvalue weighted by Crippen LogP contribution is -2.13. The normalized spacial score (nSPS) is 11.3. The van der Waals surface area contributed by atoms with Crippen LogP contribution in [0.1, 0.15) is 17.0 Å². The zero-order chi connectivity index (χ0) is 15.6. The third kappa shape index (κ3) is 4.28. The molecule has 2 aromatic rings. The molecule has 1 aromatic carbocycles. The highest BCUT2D eigenvalue weighted by molar-refractivity contribution is 5.85. The van der Waals surface area contributed by atoms with Crippen LogP contribution in [-0.2, 0) is 26.3 Å². The van der Waals surface area contributed by atoms with Crippen LogP contribution in [0.25, 0.3) is 0 Å². The Hall–Kier alpha value is -1.93. The smallest absolute Gasteiger partial charge is 0.433 e. The van der Waals surface area contributed by atoms with Gasteiger partial charge in [0.2, 0.25) is 0 Å². The average Bonchev–Trinajstić information content (AvgIpc) is 2.73. The molecule has 0 radical (unpaired) electrons. The summed E-state index contributed by atoms with van der Waals surface area (Å²) < 4.78 is 38.6. The lowest BCUT2D eigenvalue weighted by Gasteiger charge is -2.05. The fourth-order valence-electron chi connectivity index (χ4n) is 1.91. The number of halogens is 4. The fraction of sp³-hybridized carbons (Fsp3) is 0.308. The van der Waals surface area contributed by atoms with Gasteiger partial charge in [-0.25, -0.2) is 0 Å². The number of alkyl halides is 3. The molecule has 0 saturated carbocycles. The van der Waals surface area contributed by atoms with Crippen molar-refractivity contribution in [3.05, 3.63) is 41.2 Å². The number of hydrogen-bond donors (Lipinski definition) is 3. The molecule has 1 aromatic heterocycles. The Balaban J connectivity index is 0.00000242. The lowest BCUT2D eigenvalue weighted by molar-refractivity contribution is -0.143. The Kier molecular flexibility index (Phi) is 5.67. The molecule has 2 rings (SSSR count). The number of phenolic OH excluding ortho intramolecular Hbond substituents is 2. The van der Waals surface area contributed by atoms with E-state index in [0.717, 1.165) is 10.7 Å². The third-order valence-electron chi connectivity index (χ3n) is 2.91. The van der Waals surface area contributed by atoms with Crippen LogP contribution in [0.4, 0.5) is 13.2 Å². The number of phenols is 2. The molecule has 0 atom stereocenters. The highest BCUT2D eigenvalue weighted by Crippen LogP contribution is 2.29. The molecule has 0 aliphatic rings. The van der Waals surface area contributed by atoms with Gasteiger partial charge in [0.15, 0.2) is 0 Å². The first-order chi connectivity index (χ1) is 9.77. The van der Waals surface area contributed by atoms with Crippen molar-refractivity contribution in [1.82, 2.24) is 15.1 Å². The summed E-state index contributed by atoms with van der Waals surface area (Å²) in [6.07, 6.45) is -4.44. The van der Waals surface area contributed by atoms with Crippen LogP contribution < -0.4 is 5.32 Å². The molecule has 5 nitrogen and oxygen atoms in total. The molecule has 122 valence electrons. The van der Waals surface area contributed by atoms with Gasteiger partial charge < -0.3 is 15.5 Å². The van der Waals surface area contributed by atoms with Crippen molar-refractivity contribution in [3.8, 4) is 11.5 Å². The summed E-state index contributed by atoms with van der Waals surface area (Å²) in [5, 5.41) is 25.4. The van der Waals surface area contributed by atoms with Crippen molar-refractivity contribution >= 4 is 12.4 Å². The topological polar surface area (TPSA) is 70.3 Å². The highest BCUT2D eigenvalue weighted by atomic mass is 35.5. The van der Waals surface area contributed by atoms with Gasteiger partial charge in [-0.3, -0.25) is 4.68 Å². The van der Waals surface area contributed by atoms with Crippen LogP contribution >= 0.6 is 12.4 Å². The molecule has 0 amide bonds. The van der Waals surface area contributed by atoms with Crippen molar-refractivity contribution in [2.75, 3.05) is 0 Å². The first-order valence-corrected chi connectivity index (χ1v) is 6.09. The van der Waals surface area contributed by atoms with Gasteiger partial charge in [0.05, 0.1) is 5.69 Å². The number of benzene rings is 1. The molecule has 0 spiro atoms. The number of rotatable bonds is 4. The SMILES string of the molecule is Cl.Cn1nc(CNCc2ccc(O)cc2O)cc1C(F)(F)F. The number of hydrogen-bond acceptors (Lipinski definition) is 4. The van der Waals surface area contributed by atoms with E-state index >= 15 is 0 Å². The van der Waals surface area contributed by atoms with E-state index < -0.39 is 11.9 Å².